The molecule has 0 bridgehead atoms. The van der Waals surface area contributed by atoms with Gasteiger partial charge in [0.2, 0.25) is 0 Å². The molecule has 0 radical (unpaired) electrons. The number of fused-ring (bicyclic) bond motifs is 3. The van der Waals surface area contributed by atoms with Crippen molar-refractivity contribution >= 4 is 17.9 Å². The Bertz CT molecular complexity index is 761. The Balaban J connectivity index is 2.01. The molecule has 28 heavy (non-hydrogen) atoms. The summed E-state index contributed by atoms with van der Waals surface area (Å²) >= 11 is 0. The zero-order chi connectivity index (χ0) is 20.9. The summed E-state index contributed by atoms with van der Waals surface area (Å²) in [4.78, 5) is 36.5. The third-order valence-electron chi connectivity index (χ3n) is 7.07. The first-order valence-electron chi connectivity index (χ1n) is 9.90. The van der Waals surface area contributed by atoms with Crippen LogP contribution in [0.1, 0.15) is 54.4 Å². The monoisotopic (exact) mass is 390 g/mol. The molecule has 6 nitrogen and oxygen atoms in total. The van der Waals surface area contributed by atoms with E-state index in [4.69, 9.17) is 14.2 Å². The number of hydrogen-bond donors (Lipinski definition) is 0. The van der Waals surface area contributed by atoms with Crippen LogP contribution in [0, 0.1) is 22.7 Å². The quantitative estimate of drug-likeness (QED) is 0.418. The number of hydrogen-bond acceptors (Lipinski definition) is 6. The molecule has 154 valence electrons. The van der Waals surface area contributed by atoms with Gasteiger partial charge >= 0.3 is 17.9 Å². The van der Waals surface area contributed by atoms with Gasteiger partial charge in [-0.25, -0.2) is 9.59 Å². The second kappa shape index (κ2) is 7.05. The molecule has 1 aliphatic heterocycles. The van der Waals surface area contributed by atoms with E-state index in [2.05, 4.69) is 20.8 Å². The minimum Gasteiger partial charge on any atom is -0.462 e. The predicted octanol–water partition coefficient (Wildman–Crippen LogP) is 3.35. The average Bonchev–Trinajstić information content (AvgIpc) is 2.99. The second-order valence-electron chi connectivity index (χ2n) is 9.08. The number of carbonyl (C=O) groups is 3. The van der Waals surface area contributed by atoms with Crippen LogP contribution >= 0.6 is 0 Å². The SMILES string of the molecule is C/C=C(/C)C(=O)O[C@H]1[C@H](OC(C)=O)C[C@]2(C)C3COC(=O)C3=CCC2C1(C)C. The number of esters is 3. The number of cyclic esters (lactones) is 1. The van der Waals surface area contributed by atoms with Crippen molar-refractivity contribution in [1.29, 1.82) is 0 Å². The van der Waals surface area contributed by atoms with E-state index in [9.17, 15) is 14.4 Å². The molecule has 1 heterocycles. The van der Waals surface area contributed by atoms with Gasteiger partial charge in [0.15, 0.2) is 0 Å². The lowest BCUT2D eigenvalue weighted by atomic mass is 9.47. The summed E-state index contributed by atoms with van der Waals surface area (Å²) in [6.07, 6.45) is 3.78. The Hall–Kier alpha value is -2.11. The maximum atomic E-state index is 12.5. The number of carbonyl (C=O) groups excluding carboxylic acids is 3. The zero-order valence-electron chi connectivity index (χ0n) is 17.5. The lowest BCUT2D eigenvalue weighted by molar-refractivity contribution is -0.210. The van der Waals surface area contributed by atoms with Gasteiger partial charge in [0.05, 0.1) is 6.61 Å². The molecule has 0 N–H and O–H groups in total. The minimum absolute atomic E-state index is 0.0370. The Labute approximate surface area is 166 Å². The van der Waals surface area contributed by atoms with E-state index in [0.29, 0.717) is 25.0 Å². The summed E-state index contributed by atoms with van der Waals surface area (Å²) in [5.74, 6) is -0.933. The summed E-state index contributed by atoms with van der Waals surface area (Å²) in [5.41, 5.74) is 0.505. The molecule has 1 saturated heterocycles. The maximum Gasteiger partial charge on any atom is 0.334 e. The molecule has 0 amide bonds. The third-order valence-corrected chi connectivity index (χ3v) is 7.07. The summed E-state index contributed by atoms with van der Waals surface area (Å²) in [7, 11) is 0. The number of rotatable bonds is 3. The molecule has 0 aromatic heterocycles. The van der Waals surface area contributed by atoms with E-state index in [-0.39, 0.29) is 23.2 Å². The smallest absolute Gasteiger partial charge is 0.334 e. The van der Waals surface area contributed by atoms with E-state index in [1.807, 2.05) is 6.08 Å². The number of ether oxygens (including phenoxy) is 3. The maximum absolute atomic E-state index is 12.5. The summed E-state index contributed by atoms with van der Waals surface area (Å²) in [6, 6.07) is 0. The molecule has 2 fully saturated rings. The van der Waals surface area contributed by atoms with Crippen LogP contribution < -0.4 is 0 Å². The average molecular weight is 390 g/mol. The van der Waals surface area contributed by atoms with Gasteiger partial charge in [-0.2, -0.15) is 0 Å². The van der Waals surface area contributed by atoms with E-state index in [1.165, 1.54) is 6.92 Å². The Morgan fingerprint density at radius 1 is 1.21 bits per heavy atom. The fraction of sp³-hybridized carbons (Fsp3) is 0.682. The summed E-state index contributed by atoms with van der Waals surface area (Å²) in [6.45, 7) is 11.5. The molecular formula is C22H30O6. The zero-order valence-corrected chi connectivity index (χ0v) is 17.5. The van der Waals surface area contributed by atoms with Crippen LogP contribution in [0.5, 0.6) is 0 Å². The standard InChI is InChI=1S/C22H30O6/c1-7-12(2)19(24)28-18-16(27-13(3)23)10-22(6)15-11-26-20(25)14(15)8-9-17(22)21(18,4)5/h7-8,15-18H,9-11H2,1-6H3/b12-7-/t15?,16-,17?,18+,22-/m1/s1. The lowest BCUT2D eigenvalue weighted by Crippen LogP contribution is -2.61. The van der Waals surface area contributed by atoms with Crippen LogP contribution in [-0.4, -0.2) is 36.7 Å². The van der Waals surface area contributed by atoms with Crippen LogP contribution in [0.15, 0.2) is 23.3 Å². The molecule has 0 aromatic carbocycles. The van der Waals surface area contributed by atoms with Gasteiger partial charge in [-0.1, -0.05) is 32.9 Å². The van der Waals surface area contributed by atoms with Crippen molar-refractivity contribution in [2.45, 2.75) is 66.6 Å². The van der Waals surface area contributed by atoms with Crippen molar-refractivity contribution < 1.29 is 28.6 Å². The van der Waals surface area contributed by atoms with Crippen molar-refractivity contribution in [3.05, 3.63) is 23.3 Å². The minimum atomic E-state index is -0.572. The molecule has 1 saturated carbocycles. The first kappa shape index (κ1) is 20.6. The van der Waals surface area contributed by atoms with Gasteiger partial charge in [0.1, 0.15) is 12.2 Å². The first-order chi connectivity index (χ1) is 13.0. The van der Waals surface area contributed by atoms with Crippen molar-refractivity contribution in [3.8, 4) is 0 Å². The molecule has 5 atom stereocenters. The van der Waals surface area contributed by atoms with Gasteiger partial charge in [-0.05, 0) is 38.0 Å². The fourth-order valence-corrected chi connectivity index (χ4v) is 5.53. The van der Waals surface area contributed by atoms with Crippen LogP contribution in [-0.2, 0) is 28.6 Å². The van der Waals surface area contributed by atoms with Crippen LogP contribution in [0.3, 0.4) is 0 Å². The summed E-state index contributed by atoms with van der Waals surface area (Å²) < 4.78 is 16.9. The predicted molar refractivity (Wildman–Crippen MR) is 102 cm³/mol. The highest BCUT2D eigenvalue weighted by molar-refractivity contribution is 5.91. The van der Waals surface area contributed by atoms with Crippen molar-refractivity contribution in [2.75, 3.05) is 6.61 Å². The second-order valence-corrected chi connectivity index (χ2v) is 9.08. The van der Waals surface area contributed by atoms with Crippen LogP contribution in [0.4, 0.5) is 0 Å². The summed E-state index contributed by atoms with van der Waals surface area (Å²) in [5, 5.41) is 0. The van der Waals surface area contributed by atoms with Gasteiger partial charge in [-0.3, -0.25) is 4.79 Å². The topological polar surface area (TPSA) is 78.9 Å². The van der Waals surface area contributed by atoms with E-state index >= 15 is 0 Å². The lowest BCUT2D eigenvalue weighted by Gasteiger charge is -2.59. The van der Waals surface area contributed by atoms with Crippen LogP contribution in [0.25, 0.3) is 0 Å². The van der Waals surface area contributed by atoms with Gasteiger partial charge in [-0.15, -0.1) is 0 Å². The Kier molecular flexibility index (Phi) is 5.19. The van der Waals surface area contributed by atoms with Crippen LogP contribution in [0.2, 0.25) is 0 Å². The molecule has 3 rings (SSSR count). The fourth-order valence-electron chi connectivity index (χ4n) is 5.53. The molecule has 2 unspecified atom stereocenters. The van der Waals surface area contributed by atoms with Gasteiger partial charge in [0, 0.05) is 29.4 Å². The Morgan fingerprint density at radius 3 is 2.50 bits per heavy atom. The molecule has 3 aliphatic rings. The highest BCUT2D eigenvalue weighted by Gasteiger charge is 2.63. The molecule has 2 aliphatic carbocycles. The van der Waals surface area contributed by atoms with Crippen molar-refractivity contribution in [3.63, 3.8) is 0 Å². The molecular weight excluding hydrogens is 360 g/mol. The van der Waals surface area contributed by atoms with E-state index in [0.717, 1.165) is 5.57 Å². The van der Waals surface area contributed by atoms with Crippen molar-refractivity contribution in [1.82, 2.24) is 0 Å². The van der Waals surface area contributed by atoms with Gasteiger partial charge < -0.3 is 14.2 Å². The van der Waals surface area contributed by atoms with E-state index < -0.39 is 29.6 Å². The third kappa shape index (κ3) is 3.16. The normalized spacial score (nSPS) is 36.6. The van der Waals surface area contributed by atoms with Crippen molar-refractivity contribution in [2.24, 2.45) is 22.7 Å². The highest BCUT2D eigenvalue weighted by Crippen LogP contribution is 2.61. The Morgan fingerprint density at radius 2 is 1.89 bits per heavy atom. The molecule has 0 aromatic rings. The largest absolute Gasteiger partial charge is 0.462 e. The first-order valence-corrected chi connectivity index (χ1v) is 9.90. The molecule has 6 heteroatoms. The number of allylic oxidation sites excluding steroid dienone is 2. The highest BCUT2D eigenvalue weighted by atomic mass is 16.6. The van der Waals surface area contributed by atoms with E-state index in [1.54, 1.807) is 19.9 Å². The molecule has 0 spiro atoms. The van der Waals surface area contributed by atoms with Gasteiger partial charge in [0.25, 0.3) is 0 Å².